The van der Waals surface area contributed by atoms with Gasteiger partial charge in [-0.2, -0.15) is 5.10 Å². The molecular formula is C18H17N3O4. The van der Waals surface area contributed by atoms with Gasteiger partial charge < -0.3 is 4.74 Å². The summed E-state index contributed by atoms with van der Waals surface area (Å²) in [6.45, 7) is 0. The predicted octanol–water partition coefficient (Wildman–Crippen LogP) is 2.96. The van der Waals surface area contributed by atoms with E-state index in [4.69, 9.17) is 4.74 Å². The minimum Gasteiger partial charge on any atom is -0.497 e. The van der Waals surface area contributed by atoms with Crippen LogP contribution in [0.15, 0.2) is 59.7 Å². The Balaban J connectivity index is 1.86. The van der Waals surface area contributed by atoms with Gasteiger partial charge in [0, 0.05) is 17.8 Å². The van der Waals surface area contributed by atoms with Crippen molar-refractivity contribution in [3.8, 4) is 5.75 Å². The van der Waals surface area contributed by atoms with Crippen LogP contribution in [0.25, 0.3) is 6.08 Å². The molecule has 25 heavy (non-hydrogen) atoms. The second-order valence-corrected chi connectivity index (χ2v) is 5.01. The van der Waals surface area contributed by atoms with Crippen LogP contribution in [0.4, 0.5) is 5.69 Å². The Kier molecular flexibility index (Phi) is 6.41. The molecule has 0 spiro atoms. The van der Waals surface area contributed by atoms with Gasteiger partial charge in [0.2, 0.25) is 5.91 Å². The van der Waals surface area contributed by atoms with E-state index >= 15 is 0 Å². The van der Waals surface area contributed by atoms with Crippen molar-refractivity contribution < 1.29 is 14.5 Å². The first-order valence-electron chi connectivity index (χ1n) is 7.45. The second-order valence-electron chi connectivity index (χ2n) is 5.01. The maximum absolute atomic E-state index is 11.8. The molecule has 128 valence electrons. The zero-order valence-corrected chi connectivity index (χ0v) is 13.6. The number of hydrogen-bond donors (Lipinski definition) is 1. The summed E-state index contributed by atoms with van der Waals surface area (Å²) in [6.07, 6.45) is 4.81. The van der Waals surface area contributed by atoms with Crippen molar-refractivity contribution in [1.29, 1.82) is 0 Å². The SMILES string of the molecule is COc1ccc(/C=C/C=N/NC(=O)Cc2ccccc2[N+](=O)[O-])cc1. The number of ether oxygens (including phenoxy) is 1. The number of nitro benzene ring substituents is 1. The van der Waals surface area contributed by atoms with Crippen molar-refractivity contribution in [3.63, 3.8) is 0 Å². The highest BCUT2D eigenvalue weighted by Gasteiger charge is 2.14. The zero-order chi connectivity index (χ0) is 18.1. The third-order valence-electron chi connectivity index (χ3n) is 3.29. The number of allylic oxidation sites excluding steroid dienone is 1. The molecule has 1 amide bonds. The fraction of sp³-hybridized carbons (Fsp3) is 0.111. The number of methoxy groups -OCH3 is 1. The molecule has 0 heterocycles. The molecule has 0 aromatic heterocycles. The van der Waals surface area contributed by atoms with E-state index in [-0.39, 0.29) is 12.1 Å². The summed E-state index contributed by atoms with van der Waals surface area (Å²) >= 11 is 0. The number of nitrogens with one attached hydrogen (secondary N) is 1. The molecule has 0 aliphatic rings. The summed E-state index contributed by atoms with van der Waals surface area (Å²) in [7, 11) is 1.60. The molecule has 0 aliphatic heterocycles. The fourth-order valence-electron chi connectivity index (χ4n) is 2.07. The van der Waals surface area contributed by atoms with Crippen LogP contribution in [0.2, 0.25) is 0 Å². The quantitative estimate of drug-likeness (QED) is 0.477. The Bertz CT molecular complexity index is 798. The van der Waals surface area contributed by atoms with Crippen molar-refractivity contribution in [2.24, 2.45) is 5.10 Å². The Labute approximate surface area is 144 Å². The van der Waals surface area contributed by atoms with Gasteiger partial charge in [-0.25, -0.2) is 5.43 Å². The summed E-state index contributed by atoms with van der Waals surface area (Å²) < 4.78 is 5.07. The second kappa shape index (κ2) is 8.97. The van der Waals surface area contributed by atoms with Crippen molar-refractivity contribution in [3.05, 3.63) is 75.8 Å². The van der Waals surface area contributed by atoms with Gasteiger partial charge in [0.05, 0.1) is 18.5 Å². The van der Waals surface area contributed by atoms with E-state index in [1.807, 2.05) is 30.3 Å². The average Bonchev–Trinajstić information content (AvgIpc) is 2.62. The maximum atomic E-state index is 11.8. The topological polar surface area (TPSA) is 93.8 Å². The van der Waals surface area contributed by atoms with Gasteiger partial charge in [0.25, 0.3) is 5.69 Å². The summed E-state index contributed by atoms with van der Waals surface area (Å²) in [5.41, 5.74) is 3.55. The molecule has 0 radical (unpaired) electrons. The first kappa shape index (κ1) is 17.9. The number of carbonyl (C=O) groups excluding carboxylic acids is 1. The normalized spacial score (nSPS) is 10.9. The van der Waals surface area contributed by atoms with Gasteiger partial charge in [-0.05, 0) is 23.8 Å². The predicted molar refractivity (Wildman–Crippen MR) is 95.5 cm³/mol. The Morgan fingerprint density at radius 3 is 2.64 bits per heavy atom. The van der Waals surface area contributed by atoms with Crippen molar-refractivity contribution in [2.75, 3.05) is 7.11 Å². The number of nitrogens with zero attached hydrogens (tertiary/aromatic N) is 2. The molecule has 0 bridgehead atoms. The van der Waals surface area contributed by atoms with Gasteiger partial charge in [0.15, 0.2) is 0 Å². The lowest BCUT2D eigenvalue weighted by Gasteiger charge is -2.01. The largest absolute Gasteiger partial charge is 0.497 e. The third-order valence-corrected chi connectivity index (χ3v) is 3.29. The molecule has 0 unspecified atom stereocenters. The number of hydrazone groups is 1. The number of rotatable bonds is 7. The number of amides is 1. The molecule has 0 atom stereocenters. The van der Waals surface area contributed by atoms with E-state index in [1.165, 1.54) is 12.3 Å². The van der Waals surface area contributed by atoms with Crippen LogP contribution in [0, 0.1) is 10.1 Å². The van der Waals surface area contributed by atoms with Gasteiger partial charge in [-0.3, -0.25) is 14.9 Å². The van der Waals surface area contributed by atoms with Crippen LogP contribution in [0.3, 0.4) is 0 Å². The number of carbonyl (C=O) groups is 1. The van der Waals surface area contributed by atoms with Crippen molar-refractivity contribution in [1.82, 2.24) is 5.43 Å². The molecule has 1 N–H and O–H groups in total. The van der Waals surface area contributed by atoms with E-state index < -0.39 is 10.8 Å². The molecule has 0 fully saturated rings. The molecule has 2 aromatic carbocycles. The van der Waals surface area contributed by atoms with Crippen LogP contribution in [0.1, 0.15) is 11.1 Å². The maximum Gasteiger partial charge on any atom is 0.273 e. The highest BCUT2D eigenvalue weighted by Crippen LogP contribution is 2.17. The van der Waals surface area contributed by atoms with Crippen LogP contribution in [-0.4, -0.2) is 24.2 Å². The molecule has 0 aliphatic carbocycles. The number of hydrogen-bond acceptors (Lipinski definition) is 5. The lowest BCUT2D eigenvalue weighted by molar-refractivity contribution is -0.385. The highest BCUT2D eigenvalue weighted by molar-refractivity contribution is 5.83. The molecule has 7 nitrogen and oxygen atoms in total. The average molecular weight is 339 g/mol. The standard InChI is InChI=1S/C18H17N3O4/c1-25-16-10-8-14(9-11-16)5-4-12-19-20-18(22)13-15-6-2-3-7-17(15)21(23)24/h2-12H,13H2,1H3,(H,20,22)/b5-4+,19-12+. The first-order valence-corrected chi connectivity index (χ1v) is 7.45. The van der Waals surface area contributed by atoms with Crippen LogP contribution in [-0.2, 0) is 11.2 Å². The minimum absolute atomic E-state index is 0.0824. The highest BCUT2D eigenvalue weighted by atomic mass is 16.6. The van der Waals surface area contributed by atoms with E-state index in [0.29, 0.717) is 5.56 Å². The molecule has 0 saturated heterocycles. The van der Waals surface area contributed by atoms with E-state index in [0.717, 1.165) is 11.3 Å². The Morgan fingerprint density at radius 2 is 1.96 bits per heavy atom. The first-order chi connectivity index (χ1) is 12.1. The molecule has 2 aromatic rings. The monoisotopic (exact) mass is 339 g/mol. The molecule has 7 heteroatoms. The number of nitro groups is 1. The van der Waals surface area contributed by atoms with E-state index in [9.17, 15) is 14.9 Å². The molecule has 2 rings (SSSR count). The van der Waals surface area contributed by atoms with Gasteiger partial charge in [0.1, 0.15) is 5.75 Å². The van der Waals surface area contributed by atoms with Crippen molar-refractivity contribution in [2.45, 2.75) is 6.42 Å². The number of benzene rings is 2. The van der Waals surface area contributed by atoms with E-state index in [1.54, 1.807) is 31.4 Å². The fourth-order valence-corrected chi connectivity index (χ4v) is 2.07. The lowest BCUT2D eigenvalue weighted by atomic mass is 10.1. The Hall–Kier alpha value is -3.48. The smallest absolute Gasteiger partial charge is 0.273 e. The van der Waals surface area contributed by atoms with Crippen LogP contribution < -0.4 is 10.2 Å². The molecule has 0 saturated carbocycles. The van der Waals surface area contributed by atoms with Crippen molar-refractivity contribution >= 4 is 23.9 Å². The minimum atomic E-state index is -0.510. The van der Waals surface area contributed by atoms with Gasteiger partial charge in [-0.1, -0.05) is 36.4 Å². The summed E-state index contributed by atoms with van der Waals surface area (Å²) in [4.78, 5) is 22.2. The molecular weight excluding hydrogens is 322 g/mol. The summed E-state index contributed by atoms with van der Waals surface area (Å²) in [5, 5.41) is 14.7. The van der Waals surface area contributed by atoms with Gasteiger partial charge in [-0.15, -0.1) is 0 Å². The third kappa shape index (κ3) is 5.58. The lowest BCUT2D eigenvalue weighted by Crippen LogP contribution is -2.20. The zero-order valence-electron chi connectivity index (χ0n) is 13.6. The van der Waals surface area contributed by atoms with Crippen LogP contribution in [0.5, 0.6) is 5.75 Å². The summed E-state index contributed by atoms with van der Waals surface area (Å²) in [6, 6.07) is 13.6. The number of para-hydroxylation sites is 1. The van der Waals surface area contributed by atoms with Crippen LogP contribution >= 0.6 is 0 Å². The summed E-state index contributed by atoms with van der Waals surface area (Å²) in [5.74, 6) is 0.344. The van der Waals surface area contributed by atoms with E-state index in [2.05, 4.69) is 10.5 Å². The van der Waals surface area contributed by atoms with Gasteiger partial charge >= 0.3 is 0 Å². The Morgan fingerprint density at radius 1 is 1.24 bits per heavy atom.